The maximum atomic E-state index is 12.3. The van der Waals surface area contributed by atoms with Gasteiger partial charge in [0.1, 0.15) is 0 Å². The molecule has 130 valence electrons. The van der Waals surface area contributed by atoms with Gasteiger partial charge in [0, 0.05) is 13.2 Å². The average Bonchev–Trinajstić information content (AvgIpc) is 2.95. The van der Waals surface area contributed by atoms with Crippen molar-refractivity contribution in [1.82, 2.24) is 19.5 Å². The number of rotatable bonds is 6. The van der Waals surface area contributed by atoms with Crippen LogP contribution in [0.2, 0.25) is 0 Å². The number of hydrogen-bond donors (Lipinski definition) is 1. The van der Waals surface area contributed by atoms with Crippen LogP contribution in [0, 0.1) is 6.92 Å². The Balaban J connectivity index is 1.69. The first-order chi connectivity index (χ1) is 11.9. The topological polar surface area (TPSA) is 76.9 Å². The van der Waals surface area contributed by atoms with Crippen LogP contribution in [-0.4, -0.2) is 23.2 Å². The Morgan fingerprint density at radius 3 is 2.68 bits per heavy atom. The van der Waals surface area contributed by atoms with E-state index >= 15 is 0 Å². The Morgan fingerprint density at radius 1 is 1.12 bits per heavy atom. The van der Waals surface area contributed by atoms with Crippen LogP contribution in [0.5, 0.6) is 0 Å². The number of pyridine rings is 1. The Kier molecular flexibility index (Phi) is 4.96. The molecule has 2 heterocycles. The van der Waals surface area contributed by atoms with E-state index in [1.165, 1.54) is 0 Å². The van der Waals surface area contributed by atoms with Gasteiger partial charge in [-0.3, -0.25) is 9.67 Å². The molecule has 6 nitrogen and oxygen atoms in total. The monoisotopic (exact) mass is 356 g/mol. The first-order valence-electron chi connectivity index (χ1n) is 7.90. The summed E-state index contributed by atoms with van der Waals surface area (Å²) in [7, 11) is -1.62. The fraction of sp³-hybridized carbons (Fsp3) is 0.222. The van der Waals surface area contributed by atoms with Gasteiger partial charge in [0.05, 0.1) is 29.4 Å². The van der Waals surface area contributed by atoms with Gasteiger partial charge in [-0.2, -0.15) is 5.10 Å². The third-order valence-electron chi connectivity index (χ3n) is 3.77. The van der Waals surface area contributed by atoms with Gasteiger partial charge in [0.15, 0.2) is 0 Å². The van der Waals surface area contributed by atoms with Crippen LogP contribution in [-0.2, 0) is 29.4 Å². The molecule has 3 rings (SSSR count). The van der Waals surface area contributed by atoms with Gasteiger partial charge in [-0.05, 0) is 30.7 Å². The zero-order chi connectivity index (χ0) is 17.9. The van der Waals surface area contributed by atoms with Gasteiger partial charge in [0.25, 0.3) is 0 Å². The summed E-state index contributed by atoms with van der Waals surface area (Å²) in [6.07, 6.45) is 1.71. The van der Waals surface area contributed by atoms with Crippen molar-refractivity contribution in [3.05, 3.63) is 71.5 Å². The zero-order valence-electron chi connectivity index (χ0n) is 14.2. The Bertz CT molecular complexity index is 966. The Morgan fingerprint density at radius 2 is 1.96 bits per heavy atom. The third kappa shape index (κ3) is 4.52. The molecule has 1 aromatic carbocycles. The lowest BCUT2D eigenvalue weighted by Gasteiger charge is -2.06. The standard InChI is InChI=1S/C18H20N4O2S/c1-14-6-5-7-15(10-14)13-25(23,24)20-12-16-11-18(22(2)21-16)17-8-3-4-9-19-17/h3-11,20H,12-13H2,1-2H3. The second-order valence-corrected chi connectivity index (χ2v) is 7.74. The van der Waals surface area contributed by atoms with Crippen LogP contribution in [0.4, 0.5) is 0 Å². The molecule has 0 amide bonds. The summed E-state index contributed by atoms with van der Waals surface area (Å²) in [6.45, 7) is 2.09. The van der Waals surface area contributed by atoms with Crippen LogP contribution in [0.25, 0.3) is 11.4 Å². The molecular formula is C18H20N4O2S. The molecule has 0 saturated heterocycles. The molecule has 0 spiro atoms. The number of benzene rings is 1. The van der Waals surface area contributed by atoms with E-state index < -0.39 is 10.0 Å². The van der Waals surface area contributed by atoms with E-state index in [0.717, 1.165) is 22.5 Å². The normalized spacial score (nSPS) is 11.6. The summed E-state index contributed by atoms with van der Waals surface area (Å²) in [5.74, 6) is -0.0470. The fourth-order valence-corrected chi connectivity index (χ4v) is 3.71. The molecule has 0 fully saturated rings. The van der Waals surface area contributed by atoms with Crippen molar-refractivity contribution in [2.75, 3.05) is 0 Å². The molecule has 3 aromatic rings. The molecule has 1 N–H and O–H groups in total. The molecule has 0 bridgehead atoms. The van der Waals surface area contributed by atoms with Crippen molar-refractivity contribution in [1.29, 1.82) is 0 Å². The summed E-state index contributed by atoms with van der Waals surface area (Å²) >= 11 is 0. The summed E-state index contributed by atoms with van der Waals surface area (Å²) in [6, 6.07) is 15.0. The lowest BCUT2D eigenvalue weighted by molar-refractivity contribution is 0.578. The number of aryl methyl sites for hydroxylation is 2. The maximum absolute atomic E-state index is 12.3. The van der Waals surface area contributed by atoms with E-state index in [9.17, 15) is 8.42 Å². The van der Waals surface area contributed by atoms with Crippen LogP contribution in [0.1, 0.15) is 16.8 Å². The molecular weight excluding hydrogens is 336 g/mol. The van der Waals surface area contributed by atoms with E-state index in [1.807, 2.05) is 62.5 Å². The number of aromatic nitrogens is 3. The minimum atomic E-state index is -3.43. The molecule has 0 radical (unpaired) electrons. The van der Waals surface area contributed by atoms with Gasteiger partial charge in [0.2, 0.25) is 10.0 Å². The predicted molar refractivity (Wildman–Crippen MR) is 97.1 cm³/mol. The quantitative estimate of drug-likeness (QED) is 0.736. The molecule has 0 aliphatic rings. The van der Waals surface area contributed by atoms with E-state index in [2.05, 4.69) is 14.8 Å². The summed E-state index contributed by atoms with van der Waals surface area (Å²) in [5, 5.41) is 4.36. The van der Waals surface area contributed by atoms with Crippen molar-refractivity contribution in [2.45, 2.75) is 19.2 Å². The van der Waals surface area contributed by atoms with Crippen LogP contribution in [0.15, 0.2) is 54.7 Å². The first kappa shape index (κ1) is 17.3. The molecule has 2 aromatic heterocycles. The Labute approximate surface area is 147 Å². The number of nitrogens with zero attached hydrogens (tertiary/aromatic N) is 3. The number of sulfonamides is 1. The minimum Gasteiger partial charge on any atom is -0.266 e. The average molecular weight is 356 g/mol. The van der Waals surface area contributed by atoms with Gasteiger partial charge in [-0.1, -0.05) is 35.9 Å². The predicted octanol–water partition coefficient (Wildman–Crippen LogP) is 2.41. The highest BCUT2D eigenvalue weighted by Crippen LogP contribution is 2.17. The van der Waals surface area contributed by atoms with Crippen molar-refractivity contribution in [3.8, 4) is 11.4 Å². The van der Waals surface area contributed by atoms with Gasteiger partial charge in [-0.25, -0.2) is 13.1 Å². The second kappa shape index (κ2) is 7.16. The fourth-order valence-electron chi connectivity index (χ4n) is 2.62. The first-order valence-corrected chi connectivity index (χ1v) is 9.55. The highest BCUT2D eigenvalue weighted by Gasteiger charge is 2.14. The van der Waals surface area contributed by atoms with Crippen molar-refractivity contribution < 1.29 is 8.42 Å². The SMILES string of the molecule is Cc1cccc(CS(=O)(=O)NCc2cc(-c3ccccn3)n(C)n2)c1. The molecule has 25 heavy (non-hydrogen) atoms. The van der Waals surface area contributed by atoms with Crippen LogP contribution in [0.3, 0.4) is 0 Å². The molecule has 0 atom stereocenters. The zero-order valence-corrected chi connectivity index (χ0v) is 15.0. The van der Waals surface area contributed by atoms with Gasteiger partial charge >= 0.3 is 0 Å². The lowest BCUT2D eigenvalue weighted by Crippen LogP contribution is -2.25. The van der Waals surface area contributed by atoms with Crippen molar-refractivity contribution in [2.24, 2.45) is 7.05 Å². The highest BCUT2D eigenvalue weighted by atomic mass is 32.2. The van der Waals surface area contributed by atoms with Crippen LogP contribution >= 0.6 is 0 Å². The molecule has 0 aliphatic heterocycles. The van der Waals surface area contributed by atoms with Crippen molar-refractivity contribution in [3.63, 3.8) is 0 Å². The van der Waals surface area contributed by atoms with E-state index in [1.54, 1.807) is 10.9 Å². The van der Waals surface area contributed by atoms with E-state index in [0.29, 0.717) is 5.69 Å². The number of nitrogens with one attached hydrogen (secondary N) is 1. The summed E-state index contributed by atoms with van der Waals surface area (Å²) < 4.78 is 28.9. The highest BCUT2D eigenvalue weighted by molar-refractivity contribution is 7.88. The molecule has 0 saturated carbocycles. The Hall–Kier alpha value is -2.51. The van der Waals surface area contributed by atoms with E-state index in [4.69, 9.17) is 0 Å². The largest absolute Gasteiger partial charge is 0.266 e. The van der Waals surface area contributed by atoms with Gasteiger partial charge in [-0.15, -0.1) is 0 Å². The molecule has 7 heteroatoms. The smallest absolute Gasteiger partial charge is 0.216 e. The number of hydrogen-bond acceptors (Lipinski definition) is 4. The van der Waals surface area contributed by atoms with E-state index in [-0.39, 0.29) is 12.3 Å². The minimum absolute atomic E-state index is 0.0470. The van der Waals surface area contributed by atoms with Gasteiger partial charge < -0.3 is 0 Å². The molecule has 0 aliphatic carbocycles. The maximum Gasteiger partial charge on any atom is 0.216 e. The van der Waals surface area contributed by atoms with Crippen molar-refractivity contribution >= 4 is 10.0 Å². The third-order valence-corrected chi connectivity index (χ3v) is 5.07. The molecule has 0 unspecified atom stereocenters. The van der Waals surface area contributed by atoms with Crippen LogP contribution < -0.4 is 4.72 Å². The summed E-state index contributed by atoms with van der Waals surface area (Å²) in [5.41, 5.74) is 4.09. The lowest BCUT2D eigenvalue weighted by atomic mass is 10.2. The second-order valence-electron chi connectivity index (χ2n) is 5.93. The summed E-state index contributed by atoms with van der Waals surface area (Å²) in [4.78, 5) is 4.30.